The normalized spacial score (nSPS) is 16.5. The van der Waals surface area contributed by atoms with Crippen molar-refractivity contribution in [2.75, 3.05) is 65.2 Å². The van der Waals surface area contributed by atoms with Gasteiger partial charge in [0.15, 0.2) is 9.84 Å². The SMILES string of the molecule is CNC(C)C(=O)NC(C(=O)N1Cc2cc(OCCOCCOCCOCCOc3cc4nccc(Nc5ccc6scnc6c5)c4cc3S(=O)(=O)C(C)(C)C)ccc2CC1C(=O)NC1CCCc2ccccc21)C(C)(C)C. The Labute approximate surface area is 456 Å². The largest absolute Gasteiger partial charge is 0.491 e. The number of anilines is 2. The van der Waals surface area contributed by atoms with Crippen molar-refractivity contribution in [3.05, 3.63) is 113 Å². The summed E-state index contributed by atoms with van der Waals surface area (Å²) < 4.78 is 57.3. The summed E-state index contributed by atoms with van der Waals surface area (Å²) in [7, 11) is -2.13. The summed E-state index contributed by atoms with van der Waals surface area (Å²) in [4.78, 5) is 52.9. The predicted molar refractivity (Wildman–Crippen MR) is 300 cm³/mol. The molecule has 0 radical (unpaired) electrons. The monoisotopic (exact) mass is 1090 g/mol. The lowest BCUT2D eigenvalue weighted by molar-refractivity contribution is -0.147. The Morgan fingerprint density at radius 2 is 1.51 bits per heavy atom. The lowest BCUT2D eigenvalue weighted by Gasteiger charge is -2.41. The van der Waals surface area contributed by atoms with E-state index in [0.29, 0.717) is 61.8 Å². The third-order valence-corrected chi connectivity index (χ3v) is 17.4. The highest BCUT2D eigenvalue weighted by Gasteiger charge is 2.43. The molecule has 3 amide bonds. The van der Waals surface area contributed by atoms with Crippen molar-refractivity contribution in [2.45, 2.75) is 115 Å². The summed E-state index contributed by atoms with van der Waals surface area (Å²) in [5.74, 6) is -0.0348. The van der Waals surface area contributed by atoms with Gasteiger partial charge in [-0.15, -0.1) is 11.3 Å². The number of carbonyl (C=O) groups is 3. The van der Waals surface area contributed by atoms with Crippen molar-refractivity contribution in [1.29, 1.82) is 0 Å². The second-order valence-corrected chi connectivity index (χ2v) is 25.1. The molecule has 4 atom stereocenters. The second kappa shape index (κ2) is 25.1. The fourth-order valence-electron chi connectivity index (χ4n) is 9.48. The number of aryl methyl sites for hydroxylation is 1. The molecule has 0 spiro atoms. The van der Waals surface area contributed by atoms with Crippen LogP contribution in [0.4, 0.5) is 11.4 Å². The smallest absolute Gasteiger partial charge is 0.246 e. The highest BCUT2D eigenvalue weighted by atomic mass is 32.2. The predicted octanol–water partition coefficient (Wildman–Crippen LogP) is 8.25. The Kier molecular flexibility index (Phi) is 18.5. The summed E-state index contributed by atoms with van der Waals surface area (Å²) >= 11 is 1.56. The maximum absolute atomic E-state index is 14.7. The van der Waals surface area contributed by atoms with Crippen LogP contribution in [0.15, 0.2) is 95.5 Å². The molecule has 2 aliphatic rings. The molecule has 2 aromatic heterocycles. The van der Waals surface area contributed by atoms with Crippen LogP contribution in [0, 0.1) is 5.41 Å². The number of benzene rings is 4. The number of nitrogens with one attached hydrogen (secondary N) is 4. The third-order valence-electron chi connectivity index (χ3n) is 14.0. The molecule has 19 heteroatoms. The first kappa shape index (κ1) is 57.0. The minimum Gasteiger partial charge on any atom is -0.491 e. The van der Waals surface area contributed by atoms with E-state index in [0.717, 1.165) is 51.9 Å². The summed E-state index contributed by atoms with van der Waals surface area (Å²) in [5, 5.41) is 13.3. The molecular formula is C58H73N7O10S2. The Bertz CT molecular complexity index is 3150. The van der Waals surface area contributed by atoms with Gasteiger partial charge in [0.1, 0.15) is 41.7 Å². The standard InChI is InChI=1S/C58H73N7O10S2/c1-37(59-8)54(66)64-53(57(2,3)4)56(68)65-35-40-30-42(18-16-39(40)31-49(65)55(67)63-45-15-11-13-38-12-9-10-14-43(38)45)74-28-26-72-24-22-71-23-25-73-27-29-75-50-34-47-44(33-52(50)77(69,70)58(5,6)7)46(20-21-60-47)62-41-17-19-51-48(32-41)61-36-76-51/h9-10,12,14,16-21,30,32-34,36-37,45,49,53,59H,11,13,15,22-29,31,35H2,1-8H3,(H,60,62)(H,63,67)(H,64,66). The summed E-state index contributed by atoms with van der Waals surface area (Å²) in [6, 6.07) is 22.6. The number of fused-ring (bicyclic) bond motifs is 4. The number of ether oxygens (including phenoxy) is 5. The number of sulfone groups is 1. The molecule has 1 aliphatic carbocycles. The third kappa shape index (κ3) is 13.9. The average molecular weight is 1090 g/mol. The number of amides is 3. The number of likely N-dealkylation sites (N-methyl/N-ethyl adjacent to an activating group) is 1. The van der Waals surface area contributed by atoms with Gasteiger partial charge in [-0.3, -0.25) is 19.4 Å². The summed E-state index contributed by atoms with van der Waals surface area (Å²) in [5.41, 5.74) is 8.26. The Hall–Kier alpha value is -6.22. The van der Waals surface area contributed by atoms with E-state index in [-0.39, 0.29) is 60.8 Å². The van der Waals surface area contributed by atoms with E-state index >= 15 is 0 Å². The van der Waals surface area contributed by atoms with Gasteiger partial charge < -0.3 is 49.9 Å². The van der Waals surface area contributed by atoms with Crippen molar-refractivity contribution >= 4 is 71.4 Å². The van der Waals surface area contributed by atoms with E-state index < -0.39 is 38.1 Å². The quantitative estimate of drug-likeness (QED) is 0.0446. The van der Waals surface area contributed by atoms with Gasteiger partial charge in [-0.2, -0.15) is 0 Å². The molecule has 17 nitrogen and oxygen atoms in total. The van der Waals surface area contributed by atoms with Crippen LogP contribution in [0.3, 0.4) is 0 Å². The molecule has 8 rings (SSSR count). The molecule has 1 aliphatic heterocycles. The van der Waals surface area contributed by atoms with E-state index in [1.165, 1.54) is 5.56 Å². The molecule has 3 heterocycles. The number of hydrogen-bond acceptors (Lipinski definition) is 15. The van der Waals surface area contributed by atoms with Crippen LogP contribution in [0.25, 0.3) is 21.1 Å². The second-order valence-electron chi connectivity index (χ2n) is 21.6. The molecule has 412 valence electrons. The number of nitrogens with zero attached hydrogens (tertiary/aromatic N) is 3. The van der Waals surface area contributed by atoms with Crippen molar-refractivity contribution in [1.82, 2.24) is 30.8 Å². The molecule has 4 aromatic carbocycles. The average Bonchev–Trinajstić information content (AvgIpc) is 3.90. The summed E-state index contributed by atoms with van der Waals surface area (Å²) in [6.07, 6.45) is 4.71. The first-order valence-corrected chi connectivity index (χ1v) is 28.7. The maximum Gasteiger partial charge on any atom is 0.246 e. The fourth-order valence-corrected chi connectivity index (χ4v) is 11.5. The molecule has 0 bridgehead atoms. The Balaban J connectivity index is 0.795. The van der Waals surface area contributed by atoms with Crippen molar-refractivity contribution < 1.29 is 46.5 Å². The highest BCUT2D eigenvalue weighted by molar-refractivity contribution is 7.92. The number of aromatic nitrogens is 2. The van der Waals surface area contributed by atoms with Gasteiger partial charge in [0.25, 0.3) is 0 Å². The van der Waals surface area contributed by atoms with Crippen molar-refractivity contribution in [3.8, 4) is 11.5 Å². The molecule has 6 aromatic rings. The van der Waals surface area contributed by atoms with Crippen LogP contribution < -0.4 is 30.7 Å². The fraction of sp³-hybridized carbons (Fsp3) is 0.466. The van der Waals surface area contributed by atoms with Crippen LogP contribution in [0.5, 0.6) is 11.5 Å². The van der Waals surface area contributed by atoms with Crippen LogP contribution in [-0.4, -0.2) is 124 Å². The van der Waals surface area contributed by atoms with Crippen LogP contribution in [0.1, 0.15) is 89.6 Å². The lowest BCUT2D eigenvalue weighted by atomic mass is 9.83. The molecule has 4 N–H and O–H groups in total. The minimum absolute atomic E-state index is 0.0750. The van der Waals surface area contributed by atoms with Gasteiger partial charge in [-0.05, 0) is 124 Å². The number of hydrogen-bond donors (Lipinski definition) is 4. The van der Waals surface area contributed by atoms with Gasteiger partial charge in [-0.25, -0.2) is 13.4 Å². The highest BCUT2D eigenvalue weighted by Crippen LogP contribution is 2.39. The van der Waals surface area contributed by atoms with Gasteiger partial charge in [0.05, 0.1) is 77.7 Å². The molecule has 0 saturated carbocycles. The number of pyridine rings is 1. The molecular weight excluding hydrogens is 1020 g/mol. The minimum atomic E-state index is -3.83. The first-order valence-electron chi connectivity index (χ1n) is 26.4. The van der Waals surface area contributed by atoms with E-state index in [1.807, 2.05) is 75.4 Å². The van der Waals surface area contributed by atoms with E-state index in [9.17, 15) is 22.8 Å². The zero-order valence-electron chi connectivity index (χ0n) is 45.4. The Morgan fingerprint density at radius 3 is 2.22 bits per heavy atom. The van der Waals surface area contributed by atoms with Crippen LogP contribution >= 0.6 is 11.3 Å². The van der Waals surface area contributed by atoms with Gasteiger partial charge in [0, 0.05) is 42.0 Å². The van der Waals surface area contributed by atoms with Crippen LogP contribution in [-0.2, 0) is 57.8 Å². The van der Waals surface area contributed by atoms with E-state index in [4.69, 9.17) is 23.7 Å². The molecule has 77 heavy (non-hydrogen) atoms. The summed E-state index contributed by atoms with van der Waals surface area (Å²) in [6.45, 7) is 14.8. The molecule has 0 fully saturated rings. The number of rotatable bonds is 23. The molecule has 0 saturated heterocycles. The lowest BCUT2D eigenvalue weighted by Crippen LogP contribution is -2.62. The topological polar surface area (TPSA) is 209 Å². The van der Waals surface area contributed by atoms with Gasteiger partial charge >= 0.3 is 0 Å². The Morgan fingerprint density at radius 1 is 0.792 bits per heavy atom. The maximum atomic E-state index is 14.7. The molecule has 4 unspecified atom stereocenters. The van der Waals surface area contributed by atoms with Crippen LogP contribution in [0.2, 0.25) is 0 Å². The zero-order chi connectivity index (χ0) is 54.9. The number of carbonyl (C=O) groups excluding carboxylic acids is 3. The van der Waals surface area contributed by atoms with Gasteiger partial charge in [-0.1, -0.05) is 51.1 Å². The first-order chi connectivity index (χ1) is 36.8. The van der Waals surface area contributed by atoms with Crippen molar-refractivity contribution in [3.63, 3.8) is 0 Å². The van der Waals surface area contributed by atoms with Crippen molar-refractivity contribution in [2.24, 2.45) is 5.41 Å². The number of thiazole rings is 1. The van der Waals surface area contributed by atoms with E-state index in [1.54, 1.807) is 74.8 Å². The van der Waals surface area contributed by atoms with Gasteiger partial charge in [0.2, 0.25) is 17.7 Å². The van der Waals surface area contributed by atoms with E-state index in [2.05, 4.69) is 43.4 Å². The zero-order valence-corrected chi connectivity index (χ0v) is 47.0.